The van der Waals surface area contributed by atoms with E-state index in [0.29, 0.717) is 5.16 Å². The van der Waals surface area contributed by atoms with Crippen molar-refractivity contribution in [3.05, 3.63) is 18.2 Å². The predicted octanol–water partition coefficient (Wildman–Crippen LogP) is 1.07. The summed E-state index contributed by atoms with van der Waals surface area (Å²) in [6, 6.07) is 4.47. The van der Waals surface area contributed by atoms with Crippen LogP contribution in [0.5, 0.6) is 11.5 Å². The Bertz CT molecular complexity index is 626. The fourth-order valence-corrected chi connectivity index (χ4v) is 2.08. The molecule has 7 nitrogen and oxygen atoms in total. The fraction of sp³-hybridized carbons (Fsp3) is 0.182. The Labute approximate surface area is 112 Å². The summed E-state index contributed by atoms with van der Waals surface area (Å²) in [5.74, 6) is -1.41. The molecule has 0 atom stereocenters. The Morgan fingerprint density at radius 1 is 1.42 bits per heavy atom. The summed E-state index contributed by atoms with van der Waals surface area (Å²) >= 11 is 1.03. The molecule has 0 radical (unpaired) electrons. The van der Waals surface area contributed by atoms with Crippen LogP contribution < -0.4 is 0 Å². The van der Waals surface area contributed by atoms with E-state index in [0.717, 1.165) is 11.8 Å². The van der Waals surface area contributed by atoms with E-state index >= 15 is 0 Å². The molecule has 2 rings (SSSR count). The first-order chi connectivity index (χ1) is 8.99. The number of carboxylic acids is 1. The second-order valence-corrected chi connectivity index (χ2v) is 4.64. The molecule has 2 aromatic rings. The smallest absolute Gasteiger partial charge is 0.313 e. The third-order valence-electron chi connectivity index (χ3n) is 2.30. The standard InChI is InChI=1S/C11H11N3O4S/c1-14-11(19-5-8(16)17)12-10(13-14)6-3-2-4-7(15)9(6)18/h2-4,15,18H,5H2,1H3,(H,16,17). The molecule has 1 aromatic carbocycles. The minimum atomic E-state index is -0.949. The van der Waals surface area contributed by atoms with Gasteiger partial charge in [-0.3, -0.25) is 4.79 Å². The number of phenols is 2. The van der Waals surface area contributed by atoms with Gasteiger partial charge in [0.15, 0.2) is 22.5 Å². The lowest BCUT2D eigenvalue weighted by atomic mass is 10.2. The van der Waals surface area contributed by atoms with Gasteiger partial charge in [0.25, 0.3) is 0 Å². The zero-order valence-corrected chi connectivity index (χ0v) is 10.8. The van der Waals surface area contributed by atoms with Crippen LogP contribution in [-0.2, 0) is 11.8 Å². The number of hydrogen-bond acceptors (Lipinski definition) is 6. The van der Waals surface area contributed by atoms with Gasteiger partial charge in [-0.1, -0.05) is 17.8 Å². The maximum Gasteiger partial charge on any atom is 0.313 e. The second kappa shape index (κ2) is 5.19. The van der Waals surface area contributed by atoms with Gasteiger partial charge in [0.2, 0.25) is 0 Å². The number of carboxylic acid groups (broad SMARTS) is 1. The number of aliphatic carboxylic acids is 1. The number of aromatic nitrogens is 3. The molecule has 0 unspecified atom stereocenters. The van der Waals surface area contributed by atoms with Gasteiger partial charge in [-0.25, -0.2) is 9.67 Å². The molecule has 0 bridgehead atoms. The summed E-state index contributed by atoms with van der Waals surface area (Å²) in [7, 11) is 1.63. The first kappa shape index (κ1) is 13.2. The number of rotatable bonds is 4. The maximum absolute atomic E-state index is 10.5. The van der Waals surface area contributed by atoms with E-state index in [1.807, 2.05) is 0 Å². The van der Waals surface area contributed by atoms with Crippen LogP contribution in [0, 0.1) is 0 Å². The zero-order chi connectivity index (χ0) is 14.0. The number of phenolic OH excluding ortho intramolecular Hbond substituents is 2. The highest BCUT2D eigenvalue weighted by Gasteiger charge is 2.15. The number of hydrogen-bond donors (Lipinski definition) is 3. The highest BCUT2D eigenvalue weighted by molar-refractivity contribution is 7.99. The summed E-state index contributed by atoms with van der Waals surface area (Å²) in [6.45, 7) is 0. The van der Waals surface area contributed by atoms with E-state index in [4.69, 9.17) is 5.11 Å². The minimum absolute atomic E-state index is 0.127. The molecule has 0 saturated carbocycles. The molecular weight excluding hydrogens is 270 g/mol. The zero-order valence-electron chi connectivity index (χ0n) is 9.94. The molecule has 0 aliphatic carbocycles. The van der Waals surface area contributed by atoms with Crippen molar-refractivity contribution in [1.82, 2.24) is 14.8 Å². The molecule has 0 aliphatic heterocycles. The fourth-order valence-electron chi connectivity index (χ4n) is 1.45. The van der Waals surface area contributed by atoms with Crippen LogP contribution >= 0.6 is 11.8 Å². The minimum Gasteiger partial charge on any atom is -0.504 e. The van der Waals surface area contributed by atoms with Gasteiger partial charge < -0.3 is 15.3 Å². The third kappa shape index (κ3) is 2.79. The summed E-state index contributed by atoms with van der Waals surface area (Å²) in [5.41, 5.74) is 0.290. The van der Waals surface area contributed by atoms with Crippen molar-refractivity contribution in [2.45, 2.75) is 5.16 Å². The maximum atomic E-state index is 10.5. The molecule has 19 heavy (non-hydrogen) atoms. The van der Waals surface area contributed by atoms with Crippen molar-refractivity contribution >= 4 is 17.7 Å². The normalized spacial score (nSPS) is 10.6. The lowest BCUT2D eigenvalue weighted by Crippen LogP contribution is -2.00. The van der Waals surface area contributed by atoms with Crippen molar-refractivity contribution in [3.8, 4) is 22.9 Å². The predicted molar refractivity (Wildman–Crippen MR) is 68.1 cm³/mol. The molecule has 100 valence electrons. The van der Waals surface area contributed by atoms with Gasteiger partial charge in [-0.2, -0.15) is 5.10 Å². The lowest BCUT2D eigenvalue weighted by molar-refractivity contribution is -0.133. The topological polar surface area (TPSA) is 108 Å². The summed E-state index contributed by atoms with van der Waals surface area (Å²) in [5, 5.41) is 32.3. The average molecular weight is 281 g/mol. The van der Waals surface area contributed by atoms with E-state index in [1.165, 1.54) is 10.7 Å². The molecular formula is C11H11N3O4S. The van der Waals surface area contributed by atoms with Crippen molar-refractivity contribution in [3.63, 3.8) is 0 Å². The van der Waals surface area contributed by atoms with E-state index in [9.17, 15) is 15.0 Å². The van der Waals surface area contributed by atoms with Crippen molar-refractivity contribution in [1.29, 1.82) is 0 Å². The van der Waals surface area contributed by atoms with E-state index < -0.39 is 5.97 Å². The highest BCUT2D eigenvalue weighted by Crippen LogP contribution is 2.35. The van der Waals surface area contributed by atoms with Crippen LogP contribution in [0.2, 0.25) is 0 Å². The number of benzene rings is 1. The molecule has 0 amide bonds. The van der Waals surface area contributed by atoms with Gasteiger partial charge in [0.1, 0.15) is 0 Å². The number of thioether (sulfide) groups is 1. The Kier molecular flexibility index (Phi) is 3.61. The van der Waals surface area contributed by atoms with Gasteiger partial charge in [-0.15, -0.1) is 0 Å². The monoisotopic (exact) mass is 281 g/mol. The van der Waals surface area contributed by atoms with Gasteiger partial charge in [0.05, 0.1) is 11.3 Å². The molecule has 0 aliphatic rings. The Hall–Kier alpha value is -2.22. The first-order valence-electron chi connectivity index (χ1n) is 5.26. The number of aromatic hydroxyl groups is 2. The largest absolute Gasteiger partial charge is 0.504 e. The van der Waals surface area contributed by atoms with Crippen LogP contribution in [0.3, 0.4) is 0 Å². The van der Waals surface area contributed by atoms with Crippen molar-refractivity contribution < 1.29 is 20.1 Å². The van der Waals surface area contributed by atoms with Crippen molar-refractivity contribution in [2.75, 3.05) is 5.75 Å². The second-order valence-electron chi connectivity index (χ2n) is 3.70. The van der Waals surface area contributed by atoms with E-state index in [1.54, 1.807) is 19.2 Å². The van der Waals surface area contributed by atoms with Crippen LogP contribution in [0.4, 0.5) is 0 Å². The van der Waals surface area contributed by atoms with E-state index in [2.05, 4.69) is 10.1 Å². The first-order valence-corrected chi connectivity index (χ1v) is 6.24. The lowest BCUT2D eigenvalue weighted by Gasteiger charge is -2.01. The molecule has 1 aromatic heterocycles. The molecule has 1 heterocycles. The van der Waals surface area contributed by atoms with Crippen LogP contribution in [0.1, 0.15) is 0 Å². The number of nitrogens with zero attached hydrogens (tertiary/aromatic N) is 3. The molecule has 0 spiro atoms. The van der Waals surface area contributed by atoms with Gasteiger partial charge in [0, 0.05) is 7.05 Å². The van der Waals surface area contributed by atoms with Crippen LogP contribution in [-0.4, -0.2) is 41.8 Å². The van der Waals surface area contributed by atoms with E-state index in [-0.39, 0.29) is 28.6 Å². The number of aryl methyl sites for hydroxylation is 1. The summed E-state index contributed by atoms with van der Waals surface area (Å²) < 4.78 is 1.42. The summed E-state index contributed by atoms with van der Waals surface area (Å²) in [6.07, 6.45) is 0. The molecule has 3 N–H and O–H groups in total. The molecule has 8 heteroatoms. The summed E-state index contributed by atoms with van der Waals surface area (Å²) in [4.78, 5) is 14.6. The quantitative estimate of drug-likeness (QED) is 0.568. The number of para-hydroxylation sites is 1. The van der Waals surface area contributed by atoms with Crippen LogP contribution in [0.15, 0.2) is 23.4 Å². The Morgan fingerprint density at radius 3 is 2.84 bits per heavy atom. The average Bonchev–Trinajstić information content (AvgIpc) is 2.71. The Morgan fingerprint density at radius 2 is 2.16 bits per heavy atom. The highest BCUT2D eigenvalue weighted by atomic mass is 32.2. The third-order valence-corrected chi connectivity index (χ3v) is 3.31. The number of carbonyl (C=O) groups is 1. The Balaban J connectivity index is 2.34. The van der Waals surface area contributed by atoms with Gasteiger partial charge in [-0.05, 0) is 12.1 Å². The van der Waals surface area contributed by atoms with Crippen molar-refractivity contribution in [2.24, 2.45) is 7.05 Å². The van der Waals surface area contributed by atoms with Crippen LogP contribution in [0.25, 0.3) is 11.4 Å². The molecule has 0 saturated heterocycles. The molecule has 0 fully saturated rings. The van der Waals surface area contributed by atoms with Gasteiger partial charge >= 0.3 is 5.97 Å². The SMILES string of the molecule is Cn1nc(-c2cccc(O)c2O)nc1SCC(=O)O.